The second-order valence-electron chi connectivity index (χ2n) is 6.62. The maximum absolute atomic E-state index is 12.4. The van der Waals surface area contributed by atoms with Crippen molar-refractivity contribution in [1.82, 2.24) is 15.2 Å². The van der Waals surface area contributed by atoms with E-state index in [2.05, 4.69) is 10.3 Å². The van der Waals surface area contributed by atoms with E-state index in [9.17, 15) is 18.0 Å². The molecule has 0 spiro atoms. The van der Waals surface area contributed by atoms with Crippen molar-refractivity contribution in [2.45, 2.75) is 49.9 Å². The average molecular weight is 371 g/mol. The van der Waals surface area contributed by atoms with E-state index in [1.807, 2.05) is 6.92 Å². The summed E-state index contributed by atoms with van der Waals surface area (Å²) in [6.45, 7) is 2.74. The van der Waals surface area contributed by atoms with Gasteiger partial charge >= 0.3 is 0 Å². The van der Waals surface area contributed by atoms with Crippen LogP contribution in [0.3, 0.4) is 0 Å². The van der Waals surface area contributed by atoms with Gasteiger partial charge < -0.3 is 10.2 Å². The van der Waals surface area contributed by atoms with Crippen LogP contribution in [-0.2, 0) is 9.84 Å². The molecule has 3 rings (SSSR count). The van der Waals surface area contributed by atoms with Gasteiger partial charge in [-0.2, -0.15) is 0 Å². The fraction of sp³-hybridized carbons (Fsp3) is 0.667. The summed E-state index contributed by atoms with van der Waals surface area (Å²) < 4.78 is 22.8. The Balaban J connectivity index is 1.58. The molecule has 1 saturated carbocycles. The van der Waals surface area contributed by atoms with E-state index in [-0.39, 0.29) is 34.2 Å². The highest BCUT2D eigenvalue weighted by molar-refractivity contribution is 7.91. The van der Waals surface area contributed by atoms with E-state index < -0.39 is 9.84 Å². The van der Waals surface area contributed by atoms with Crippen LogP contribution in [0.25, 0.3) is 0 Å². The van der Waals surface area contributed by atoms with Crippen molar-refractivity contribution in [2.24, 2.45) is 0 Å². The highest BCUT2D eigenvalue weighted by Gasteiger charge is 2.37. The monoisotopic (exact) mass is 371 g/mol. The number of hydrogen-bond donors (Lipinski definition) is 1. The first kappa shape index (κ1) is 17.3. The number of thiazole rings is 1. The van der Waals surface area contributed by atoms with E-state index in [0.29, 0.717) is 18.5 Å². The van der Waals surface area contributed by atoms with Crippen LogP contribution in [0.2, 0.25) is 0 Å². The molecule has 0 aromatic carbocycles. The van der Waals surface area contributed by atoms with Gasteiger partial charge in [-0.1, -0.05) is 0 Å². The Morgan fingerprint density at radius 2 is 2.08 bits per heavy atom. The second-order valence-corrected chi connectivity index (χ2v) is 9.80. The normalized spacial score (nSPS) is 26.9. The maximum atomic E-state index is 12.4. The molecular formula is C15H21N3O4S2. The molecule has 1 aliphatic heterocycles. The Hall–Kier alpha value is -1.48. The zero-order chi connectivity index (χ0) is 17.5. The predicted molar refractivity (Wildman–Crippen MR) is 91.0 cm³/mol. The van der Waals surface area contributed by atoms with E-state index in [1.165, 1.54) is 6.26 Å². The summed E-state index contributed by atoms with van der Waals surface area (Å²) >= 11 is 1.14. The van der Waals surface area contributed by atoms with Gasteiger partial charge in [0.2, 0.25) is 0 Å². The number of rotatable bonds is 4. The third kappa shape index (κ3) is 3.46. The molecule has 1 atom stereocenters. The van der Waals surface area contributed by atoms with Gasteiger partial charge in [0, 0.05) is 30.3 Å². The van der Waals surface area contributed by atoms with Crippen LogP contribution in [-0.4, -0.2) is 60.3 Å². The average Bonchev–Trinajstić information content (AvgIpc) is 3.08. The molecule has 0 bridgehead atoms. The number of likely N-dealkylation sites (tertiary alicyclic amines) is 1. The van der Waals surface area contributed by atoms with Crippen LogP contribution in [0.15, 0.2) is 5.38 Å². The van der Waals surface area contributed by atoms with Gasteiger partial charge in [0.1, 0.15) is 15.5 Å². The number of aromatic nitrogens is 1. The number of amides is 2. The highest BCUT2D eigenvalue weighted by Crippen LogP contribution is 2.27. The summed E-state index contributed by atoms with van der Waals surface area (Å²) in [6.07, 6.45) is 4.08. The minimum absolute atomic E-state index is 0.129. The molecule has 1 N–H and O–H groups in total. The quantitative estimate of drug-likeness (QED) is 0.854. The van der Waals surface area contributed by atoms with Gasteiger partial charge in [0.05, 0.1) is 5.25 Å². The highest BCUT2D eigenvalue weighted by atomic mass is 32.2. The Bertz CT molecular complexity index is 753. The second kappa shape index (κ2) is 6.44. The lowest BCUT2D eigenvalue weighted by Crippen LogP contribution is -2.49. The lowest BCUT2D eigenvalue weighted by molar-refractivity contribution is 0.0742. The predicted octanol–water partition coefficient (Wildman–Crippen LogP) is 1.07. The van der Waals surface area contributed by atoms with Gasteiger partial charge in [0.15, 0.2) is 5.01 Å². The van der Waals surface area contributed by atoms with E-state index in [0.717, 1.165) is 30.7 Å². The molecule has 2 amide bonds. The molecule has 24 heavy (non-hydrogen) atoms. The molecule has 1 saturated heterocycles. The lowest BCUT2D eigenvalue weighted by atomic mass is 9.92. The minimum Gasteiger partial charge on any atom is -0.347 e. The summed E-state index contributed by atoms with van der Waals surface area (Å²) in [7, 11) is -3.04. The van der Waals surface area contributed by atoms with Gasteiger partial charge in [-0.25, -0.2) is 13.4 Å². The van der Waals surface area contributed by atoms with E-state index >= 15 is 0 Å². The molecule has 2 aliphatic rings. The largest absolute Gasteiger partial charge is 0.347 e. The summed E-state index contributed by atoms with van der Waals surface area (Å²) in [6, 6.07) is 0.0678. The zero-order valence-corrected chi connectivity index (χ0v) is 15.3. The molecule has 0 radical (unpaired) electrons. The van der Waals surface area contributed by atoms with Crippen LogP contribution < -0.4 is 5.32 Å². The third-order valence-corrected chi connectivity index (χ3v) is 7.20. The van der Waals surface area contributed by atoms with Crippen LogP contribution in [0.4, 0.5) is 0 Å². The number of carbonyl (C=O) groups excluding carboxylic acids is 2. The van der Waals surface area contributed by atoms with E-state index in [4.69, 9.17) is 0 Å². The third-order valence-electron chi connectivity index (χ3n) is 4.77. The fourth-order valence-electron chi connectivity index (χ4n) is 3.14. The summed E-state index contributed by atoms with van der Waals surface area (Å²) in [4.78, 5) is 30.6. The molecule has 0 unspecified atom stereocenters. The first-order valence-electron chi connectivity index (χ1n) is 8.02. The van der Waals surface area contributed by atoms with Crippen LogP contribution in [0.5, 0.6) is 0 Å². The number of carbonyl (C=O) groups is 2. The SMILES string of the molecule is C[C@H]1CCCN1C(=O)c1csc(C(=O)NC2CC(S(C)(=O)=O)C2)n1. The molecule has 7 nitrogen and oxygen atoms in total. The molecule has 2 fully saturated rings. The van der Waals surface area contributed by atoms with Crippen molar-refractivity contribution < 1.29 is 18.0 Å². The zero-order valence-electron chi connectivity index (χ0n) is 13.7. The Morgan fingerprint density at radius 3 is 2.67 bits per heavy atom. The standard InChI is InChI=1S/C15H21N3O4S2/c1-9-4-3-5-18(9)15(20)12-8-23-14(17-12)13(19)16-10-6-11(7-10)24(2,21)22/h8-11H,3-7H2,1-2H3,(H,16,19)/t9-,10?,11?/m0/s1. The van der Waals surface area contributed by atoms with Crippen molar-refractivity contribution in [1.29, 1.82) is 0 Å². The summed E-state index contributed by atoms with van der Waals surface area (Å²) in [5.74, 6) is -0.471. The molecule has 132 valence electrons. The molecule has 9 heteroatoms. The van der Waals surface area contributed by atoms with Crippen molar-refractivity contribution in [2.75, 3.05) is 12.8 Å². The van der Waals surface area contributed by atoms with Crippen molar-refractivity contribution in [3.63, 3.8) is 0 Å². The van der Waals surface area contributed by atoms with Crippen molar-refractivity contribution in [3.05, 3.63) is 16.1 Å². The van der Waals surface area contributed by atoms with Crippen LogP contribution in [0, 0.1) is 0 Å². The van der Waals surface area contributed by atoms with Gasteiger partial charge in [-0.05, 0) is 32.6 Å². The van der Waals surface area contributed by atoms with Crippen molar-refractivity contribution >= 4 is 33.0 Å². The molecule has 1 aromatic heterocycles. The minimum atomic E-state index is -3.04. The van der Waals surface area contributed by atoms with Crippen LogP contribution >= 0.6 is 11.3 Å². The van der Waals surface area contributed by atoms with Gasteiger partial charge in [-0.3, -0.25) is 9.59 Å². The smallest absolute Gasteiger partial charge is 0.280 e. The van der Waals surface area contributed by atoms with E-state index in [1.54, 1.807) is 10.3 Å². The van der Waals surface area contributed by atoms with Gasteiger partial charge in [0.25, 0.3) is 11.8 Å². The topological polar surface area (TPSA) is 96.4 Å². The number of hydrogen-bond acceptors (Lipinski definition) is 6. The fourth-order valence-corrected chi connectivity index (χ4v) is 5.00. The Morgan fingerprint density at radius 1 is 1.38 bits per heavy atom. The molecule has 1 aliphatic carbocycles. The van der Waals surface area contributed by atoms with Crippen LogP contribution in [0.1, 0.15) is 52.9 Å². The first-order valence-corrected chi connectivity index (χ1v) is 10.9. The molecule has 2 heterocycles. The summed E-state index contributed by atoms with van der Waals surface area (Å²) in [5, 5.41) is 4.27. The van der Waals surface area contributed by atoms with Crippen molar-refractivity contribution in [3.8, 4) is 0 Å². The first-order chi connectivity index (χ1) is 11.3. The Labute approximate surface area is 145 Å². The summed E-state index contributed by atoms with van der Waals surface area (Å²) in [5.41, 5.74) is 0.307. The number of nitrogens with one attached hydrogen (secondary N) is 1. The number of nitrogens with zero attached hydrogens (tertiary/aromatic N) is 2. The molecule has 1 aromatic rings. The maximum Gasteiger partial charge on any atom is 0.280 e. The Kier molecular flexibility index (Phi) is 4.65. The van der Waals surface area contributed by atoms with Gasteiger partial charge in [-0.15, -0.1) is 11.3 Å². The molecular weight excluding hydrogens is 350 g/mol. The lowest BCUT2D eigenvalue weighted by Gasteiger charge is -2.34. The number of sulfone groups is 1.